The van der Waals surface area contributed by atoms with Crippen LogP contribution < -0.4 is 0 Å². The van der Waals surface area contributed by atoms with Gasteiger partial charge in [0.15, 0.2) is 0 Å². The molecule has 0 bridgehead atoms. The van der Waals surface area contributed by atoms with Gasteiger partial charge in [-0.25, -0.2) is 0 Å². The van der Waals surface area contributed by atoms with E-state index >= 15 is 0 Å². The number of aliphatic hydroxyl groups is 1. The first-order valence-electron chi connectivity index (χ1n) is 3.35. The van der Waals surface area contributed by atoms with E-state index in [1.165, 1.54) is 17.7 Å². The van der Waals surface area contributed by atoms with Gasteiger partial charge in [0.1, 0.15) is 0 Å². The van der Waals surface area contributed by atoms with E-state index in [0.717, 1.165) is 0 Å². The molecule has 10 heavy (non-hydrogen) atoms. The number of rotatable bonds is 2. The smallest absolute Gasteiger partial charge is 0.0842 e. The number of aryl methyl sites for hydroxylation is 1. The van der Waals surface area contributed by atoms with Gasteiger partial charge < -0.3 is 5.11 Å². The molecule has 1 aromatic rings. The molecule has 1 radical (unpaired) electrons. The highest BCUT2D eigenvalue weighted by atomic mass is 16.2. The minimum atomic E-state index is 0.646. The molecule has 1 heteroatoms. The van der Waals surface area contributed by atoms with E-state index in [1.54, 1.807) is 0 Å². The average molecular weight is 135 g/mol. The van der Waals surface area contributed by atoms with E-state index in [4.69, 9.17) is 5.11 Å². The lowest BCUT2D eigenvalue weighted by molar-refractivity contribution is 0.385. The topological polar surface area (TPSA) is 20.2 Å². The predicted molar refractivity (Wildman–Crippen MR) is 41.1 cm³/mol. The third-order valence-corrected chi connectivity index (χ3v) is 1.57. The summed E-state index contributed by atoms with van der Waals surface area (Å²) in [6.07, 6.45) is 0.646. The van der Waals surface area contributed by atoms with Gasteiger partial charge in [0, 0.05) is 6.42 Å². The van der Waals surface area contributed by atoms with Crippen LogP contribution in [-0.4, -0.2) is 5.11 Å². The maximum atomic E-state index is 8.52. The zero-order valence-corrected chi connectivity index (χ0v) is 6.04. The van der Waals surface area contributed by atoms with Crippen LogP contribution in [0.15, 0.2) is 24.3 Å². The summed E-state index contributed by atoms with van der Waals surface area (Å²) in [4.78, 5) is 0. The molecule has 1 N–H and O–H groups in total. The fraction of sp³-hybridized carbons (Fsp3) is 0.222. The van der Waals surface area contributed by atoms with Crippen molar-refractivity contribution in [1.29, 1.82) is 0 Å². The van der Waals surface area contributed by atoms with Crippen LogP contribution in [0.3, 0.4) is 0 Å². The largest absolute Gasteiger partial charge is 0.390 e. The van der Waals surface area contributed by atoms with Crippen molar-refractivity contribution in [3.8, 4) is 0 Å². The van der Waals surface area contributed by atoms with Crippen LogP contribution in [0.2, 0.25) is 0 Å². The molecule has 0 saturated heterocycles. The number of hydrogen-bond donors (Lipinski definition) is 1. The quantitative estimate of drug-likeness (QED) is 0.658. The predicted octanol–water partition coefficient (Wildman–Crippen LogP) is 2.07. The van der Waals surface area contributed by atoms with Crippen molar-refractivity contribution in [2.45, 2.75) is 13.3 Å². The first-order valence-corrected chi connectivity index (χ1v) is 3.35. The van der Waals surface area contributed by atoms with Crippen molar-refractivity contribution in [2.75, 3.05) is 0 Å². The first-order chi connectivity index (χ1) is 4.84. The molecule has 0 fully saturated rings. The highest BCUT2D eigenvalue weighted by Crippen LogP contribution is 2.07. The minimum absolute atomic E-state index is 0.646. The average Bonchev–Trinajstić information content (AvgIpc) is 1.94. The fourth-order valence-electron chi connectivity index (χ4n) is 0.937. The van der Waals surface area contributed by atoms with Gasteiger partial charge in [0.2, 0.25) is 0 Å². The van der Waals surface area contributed by atoms with Crippen molar-refractivity contribution >= 4 is 0 Å². The van der Waals surface area contributed by atoms with Gasteiger partial charge in [0.25, 0.3) is 0 Å². The summed E-state index contributed by atoms with van der Waals surface area (Å²) < 4.78 is 0. The molecular weight excluding hydrogens is 124 g/mol. The third kappa shape index (κ3) is 1.58. The summed E-state index contributed by atoms with van der Waals surface area (Å²) in [6, 6.07) is 8.03. The number of hydrogen-bond acceptors (Lipinski definition) is 1. The molecular formula is C9H11O. The van der Waals surface area contributed by atoms with Crippen LogP contribution in [0.1, 0.15) is 11.1 Å². The Kier molecular flexibility index (Phi) is 2.46. The molecule has 0 aromatic heterocycles. The lowest BCUT2D eigenvalue weighted by Gasteiger charge is -2.00. The monoisotopic (exact) mass is 135 g/mol. The molecule has 1 rings (SSSR count). The Hall–Kier alpha value is -0.820. The van der Waals surface area contributed by atoms with Crippen LogP contribution in [0.5, 0.6) is 0 Å². The molecule has 0 unspecified atom stereocenters. The lowest BCUT2D eigenvalue weighted by atomic mass is 10.1. The Morgan fingerprint density at radius 2 is 2.10 bits per heavy atom. The molecule has 0 aliphatic carbocycles. The van der Waals surface area contributed by atoms with Gasteiger partial charge >= 0.3 is 0 Å². The normalized spacial score (nSPS) is 9.80. The van der Waals surface area contributed by atoms with Gasteiger partial charge in [-0.05, 0) is 18.1 Å². The van der Waals surface area contributed by atoms with Crippen molar-refractivity contribution in [3.63, 3.8) is 0 Å². The van der Waals surface area contributed by atoms with Crippen LogP contribution in [-0.2, 0) is 6.42 Å². The van der Waals surface area contributed by atoms with E-state index in [-0.39, 0.29) is 0 Å². The van der Waals surface area contributed by atoms with Gasteiger partial charge in [0.05, 0.1) is 6.61 Å². The zero-order chi connectivity index (χ0) is 7.40. The maximum absolute atomic E-state index is 8.52. The molecule has 1 nitrogen and oxygen atoms in total. The third-order valence-electron chi connectivity index (χ3n) is 1.57. The van der Waals surface area contributed by atoms with Crippen LogP contribution in [0.25, 0.3) is 0 Å². The Bertz CT molecular complexity index is 206. The summed E-state index contributed by atoms with van der Waals surface area (Å²) in [5, 5.41) is 8.52. The van der Waals surface area contributed by atoms with Crippen LogP contribution >= 0.6 is 0 Å². The second-order valence-corrected chi connectivity index (χ2v) is 2.31. The minimum Gasteiger partial charge on any atom is -0.390 e. The Balaban J connectivity index is 2.81. The molecule has 53 valence electrons. The molecule has 0 aliphatic rings. The van der Waals surface area contributed by atoms with Gasteiger partial charge in [-0.1, -0.05) is 24.3 Å². The fourth-order valence-corrected chi connectivity index (χ4v) is 0.937. The second-order valence-electron chi connectivity index (χ2n) is 2.31. The summed E-state index contributed by atoms with van der Waals surface area (Å²) in [6.45, 7) is 3.22. The summed E-state index contributed by atoms with van der Waals surface area (Å²) in [7, 11) is 0. The van der Waals surface area contributed by atoms with E-state index in [0.29, 0.717) is 6.42 Å². The molecule has 0 atom stereocenters. The van der Waals surface area contributed by atoms with Crippen molar-refractivity contribution < 1.29 is 5.11 Å². The Morgan fingerprint density at radius 3 is 2.70 bits per heavy atom. The van der Waals surface area contributed by atoms with Crippen molar-refractivity contribution in [3.05, 3.63) is 42.0 Å². The van der Waals surface area contributed by atoms with E-state index in [2.05, 4.69) is 0 Å². The molecule has 0 spiro atoms. The molecule has 0 saturated carbocycles. The van der Waals surface area contributed by atoms with Gasteiger partial charge in [-0.15, -0.1) is 0 Å². The Morgan fingerprint density at radius 1 is 1.40 bits per heavy atom. The molecule has 0 amide bonds. The van der Waals surface area contributed by atoms with E-state index in [9.17, 15) is 0 Å². The highest BCUT2D eigenvalue weighted by Gasteiger charge is 1.93. The van der Waals surface area contributed by atoms with Gasteiger partial charge in [-0.2, -0.15) is 0 Å². The highest BCUT2D eigenvalue weighted by molar-refractivity contribution is 5.26. The molecule has 1 aromatic carbocycles. The summed E-state index contributed by atoms with van der Waals surface area (Å²) >= 11 is 0. The number of benzene rings is 1. The van der Waals surface area contributed by atoms with Crippen molar-refractivity contribution in [1.82, 2.24) is 0 Å². The first kappa shape index (κ1) is 7.29. The van der Waals surface area contributed by atoms with E-state index in [1.807, 2.05) is 31.2 Å². The summed E-state index contributed by atoms with van der Waals surface area (Å²) in [5.74, 6) is 0. The second kappa shape index (κ2) is 3.37. The van der Waals surface area contributed by atoms with E-state index < -0.39 is 0 Å². The summed E-state index contributed by atoms with van der Waals surface area (Å²) in [5.41, 5.74) is 2.41. The van der Waals surface area contributed by atoms with Crippen LogP contribution in [0, 0.1) is 13.5 Å². The van der Waals surface area contributed by atoms with Crippen LogP contribution in [0.4, 0.5) is 0 Å². The molecule has 0 aliphatic heterocycles. The standard InChI is InChI=1S/C9H11O/c1-8-4-2-3-5-9(8)6-7-10/h2-5,7,10H,6H2,1H3. The van der Waals surface area contributed by atoms with Crippen molar-refractivity contribution in [2.24, 2.45) is 0 Å². The maximum Gasteiger partial charge on any atom is 0.0842 e. The lowest BCUT2D eigenvalue weighted by Crippen LogP contribution is -1.88. The Labute approximate surface area is 61.3 Å². The SMILES string of the molecule is Cc1ccccc1C[CH]O. The van der Waals surface area contributed by atoms with Gasteiger partial charge in [-0.3, -0.25) is 0 Å². The molecule has 0 heterocycles. The zero-order valence-electron chi connectivity index (χ0n) is 6.04. The number of aliphatic hydroxyl groups excluding tert-OH is 1.